The highest BCUT2D eigenvalue weighted by atomic mass is 15.3. The molecule has 0 spiro atoms. The molecule has 0 saturated heterocycles. The van der Waals surface area contributed by atoms with Gasteiger partial charge in [0.05, 0.1) is 11.8 Å². The van der Waals surface area contributed by atoms with Gasteiger partial charge in [-0.25, -0.2) is 9.97 Å². The lowest BCUT2D eigenvalue weighted by Gasteiger charge is -2.12. The van der Waals surface area contributed by atoms with Gasteiger partial charge < -0.3 is 5.32 Å². The van der Waals surface area contributed by atoms with Crippen molar-refractivity contribution < 1.29 is 0 Å². The summed E-state index contributed by atoms with van der Waals surface area (Å²) >= 11 is 0. The quantitative estimate of drug-likeness (QED) is 0.880. The van der Waals surface area contributed by atoms with E-state index >= 15 is 0 Å². The van der Waals surface area contributed by atoms with E-state index in [1.807, 2.05) is 24.1 Å². The van der Waals surface area contributed by atoms with Crippen LogP contribution in [-0.4, -0.2) is 26.8 Å². The maximum atomic E-state index is 4.82. The molecule has 2 aromatic heterocycles. The van der Waals surface area contributed by atoms with Crippen molar-refractivity contribution in [3.8, 4) is 11.4 Å². The number of nitrogens with zero attached hydrogens (tertiary/aromatic N) is 4. The molecule has 0 amide bonds. The number of anilines is 1. The van der Waals surface area contributed by atoms with Crippen molar-refractivity contribution in [3.63, 3.8) is 0 Å². The molecule has 1 aliphatic rings. The van der Waals surface area contributed by atoms with E-state index in [9.17, 15) is 0 Å². The van der Waals surface area contributed by atoms with Gasteiger partial charge in [0, 0.05) is 30.5 Å². The maximum absolute atomic E-state index is 4.82. The van der Waals surface area contributed by atoms with Gasteiger partial charge in [-0.15, -0.1) is 0 Å². The summed E-state index contributed by atoms with van der Waals surface area (Å²) in [5.41, 5.74) is 3.50. The normalized spacial score (nSPS) is 14.9. The second-order valence-corrected chi connectivity index (χ2v) is 5.93. The second kappa shape index (κ2) is 5.84. The fourth-order valence-electron chi connectivity index (χ4n) is 2.84. The summed E-state index contributed by atoms with van der Waals surface area (Å²) in [6.45, 7) is 4.24. The first-order chi connectivity index (χ1) is 10.2. The second-order valence-electron chi connectivity index (χ2n) is 5.93. The van der Waals surface area contributed by atoms with Crippen molar-refractivity contribution in [2.75, 3.05) is 12.4 Å². The van der Waals surface area contributed by atoms with Crippen LogP contribution in [0, 0.1) is 0 Å². The molecule has 5 nitrogen and oxygen atoms in total. The van der Waals surface area contributed by atoms with Crippen molar-refractivity contribution >= 4 is 5.82 Å². The molecule has 2 heterocycles. The summed E-state index contributed by atoms with van der Waals surface area (Å²) in [5.74, 6) is 1.76. The number of hydrogen-bond donors (Lipinski definition) is 1. The van der Waals surface area contributed by atoms with Crippen LogP contribution in [0.25, 0.3) is 11.4 Å². The summed E-state index contributed by atoms with van der Waals surface area (Å²) < 4.78 is 1.95. The zero-order chi connectivity index (χ0) is 14.8. The molecule has 0 unspecified atom stereocenters. The number of aromatic nitrogens is 4. The Morgan fingerprint density at radius 3 is 2.67 bits per heavy atom. The molecule has 112 valence electrons. The molecule has 0 aliphatic heterocycles. The minimum Gasteiger partial charge on any atom is -0.373 e. The van der Waals surface area contributed by atoms with Gasteiger partial charge in [0.25, 0.3) is 0 Å². The highest BCUT2D eigenvalue weighted by Gasteiger charge is 2.17. The van der Waals surface area contributed by atoms with E-state index in [0.717, 1.165) is 30.0 Å². The van der Waals surface area contributed by atoms with Gasteiger partial charge in [0.2, 0.25) is 0 Å². The third-order valence-electron chi connectivity index (χ3n) is 4.06. The van der Waals surface area contributed by atoms with Gasteiger partial charge in [-0.3, -0.25) is 4.68 Å². The average molecular weight is 285 g/mol. The first-order valence-electron chi connectivity index (χ1n) is 7.81. The number of fused-ring (bicyclic) bond motifs is 1. The largest absolute Gasteiger partial charge is 0.373 e. The number of hydrogen-bond acceptors (Lipinski definition) is 4. The Balaban J connectivity index is 2.04. The number of aryl methyl sites for hydroxylation is 1. The monoisotopic (exact) mass is 285 g/mol. The molecule has 0 saturated carbocycles. The Kier molecular flexibility index (Phi) is 3.90. The van der Waals surface area contributed by atoms with Crippen LogP contribution in [-0.2, 0) is 12.8 Å². The highest BCUT2D eigenvalue weighted by molar-refractivity contribution is 5.58. The van der Waals surface area contributed by atoms with Gasteiger partial charge in [-0.1, -0.05) is 6.42 Å². The van der Waals surface area contributed by atoms with E-state index in [-0.39, 0.29) is 0 Å². The van der Waals surface area contributed by atoms with Crippen LogP contribution in [0.2, 0.25) is 0 Å². The zero-order valence-corrected chi connectivity index (χ0v) is 13.1. The highest BCUT2D eigenvalue weighted by Crippen LogP contribution is 2.27. The first-order valence-corrected chi connectivity index (χ1v) is 7.81. The predicted octanol–water partition coefficient (Wildman–Crippen LogP) is 3.23. The molecular weight excluding hydrogens is 262 g/mol. The molecular formula is C16H23N5. The van der Waals surface area contributed by atoms with Crippen LogP contribution in [0.1, 0.15) is 50.4 Å². The van der Waals surface area contributed by atoms with Crippen LogP contribution in [0.15, 0.2) is 12.4 Å². The number of rotatable bonds is 3. The van der Waals surface area contributed by atoms with E-state index in [1.54, 1.807) is 0 Å². The van der Waals surface area contributed by atoms with Gasteiger partial charge in [-0.2, -0.15) is 5.10 Å². The molecule has 1 N–H and O–H groups in total. The molecule has 0 bridgehead atoms. The van der Waals surface area contributed by atoms with E-state index in [2.05, 4.69) is 24.3 Å². The third-order valence-corrected chi connectivity index (χ3v) is 4.06. The molecule has 1 aliphatic carbocycles. The Bertz CT molecular complexity index is 630. The van der Waals surface area contributed by atoms with E-state index in [1.165, 1.54) is 30.5 Å². The van der Waals surface area contributed by atoms with Gasteiger partial charge in [0.15, 0.2) is 5.82 Å². The van der Waals surface area contributed by atoms with E-state index in [0.29, 0.717) is 6.04 Å². The van der Waals surface area contributed by atoms with Gasteiger partial charge in [0.1, 0.15) is 5.82 Å². The molecule has 0 fully saturated rings. The first kappa shape index (κ1) is 14.0. The van der Waals surface area contributed by atoms with Crippen LogP contribution < -0.4 is 5.32 Å². The Morgan fingerprint density at radius 2 is 1.95 bits per heavy atom. The lowest BCUT2D eigenvalue weighted by molar-refractivity contribution is 0.532. The smallest absolute Gasteiger partial charge is 0.164 e. The molecule has 3 rings (SSSR count). The van der Waals surface area contributed by atoms with Gasteiger partial charge >= 0.3 is 0 Å². The number of nitrogens with one attached hydrogen (secondary N) is 1. The van der Waals surface area contributed by atoms with Crippen molar-refractivity contribution in [2.24, 2.45) is 0 Å². The summed E-state index contributed by atoms with van der Waals surface area (Å²) in [6, 6.07) is 0.350. The molecule has 5 heteroatoms. The fourth-order valence-corrected chi connectivity index (χ4v) is 2.84. The molecule has 21 heavy (non-hydrogen) atoms. The molecule has 2 aromatic rings. The Morgan fingerprint density at radius 1 is 1.14 bits per heavy atom. The van der Waals surface area contributed by atoms with Crippen molar-refractivity contribution in [1.82, 2.24) is 19.7 Å². The molecule has 0 radical (unpaired) electrons. The van der Waals surface area contributed by atoms with Gasteiger partial charge in [-0.05, 0) is 39.5 Å². The fraction of sp³-hybridized carbons (Fsp3) is 0.562. The standard InChI is InChI=1S/C16H23N5/c1-11(2)21-10-12(9-18-21)15-19-14-8-6-4-5-7-13(14)16(17-3)20-15/h9-11H,4-8H2,1-3H3,(H,17,19,20). The minimum atomic E-state index is 0.350. The Labute approximate surface area is 125 Å². The summed E-state index contributed by atoms with van der Waals surface area (Å²) in [6.07, 6.45) is 9.75. The maximum Gasteiger partial charge on any atom is 0.164 e. The lowest BCUT2D eigenvalue weighted by atomic mass is 10.1. The Hall–Kier alpha value is -1.91. The van der Waals surface area contributed by atoms with Crippen LogP contribution >= 0.6 is 0 Å². The summed E-state index contributed by atoms with van der Waals surface area (Å²) in [4.78, 5) is 9.53. The predicted molar refractivity (Wildman–Crippen MR) is 84.4 cm³/mol. The SMILES string of the molecule is CNc1nc(-c2cnn(C(C)C)c2)nc2c1CCCCC2. The zero-order valence-electron chi connectivity index (χ0n) is 13.1. The molecule has 0 aromatic carbocycles. The topological polar surface area (TPSA) is 55.6 Å². The molecule has 0 atom stereocenters. The van der Waals surface area contributed by atoms with E-state index < -0.39 is 0 Å². The third kappa shape index (κ3) is 2.77. The average Bonchev–Trinajstić information content (AvgIpc) is 2.86. The van der Waals surface area contributed by atoms with Crippen molar-refractivity contribution in [3.05, 3.63) is 23.7 Å². The minimum absolute atomic E-state index is 0.350. The lowest BCUT2D eigenvalue weighted by Crippen LogP contribution is -2.06. The van der Waals surface area contributed by atoms with Crippen LogP contribution in [0.3, 0.4) is 0 Å². The van der Waals surface area contributed by atoms with E-state index in [4.69, 9.17) is 9.97 Å². The van der Waals surface area contributed by atoms with Crippen LogP contribution in [0.5, 0.6) is 0 Å². The van der Waals surface area contributed by atoms with Crippen molar-refractivity contribution in [1.29, 1.82) is 0 Å². The van der Waals surface area contributed by atoms with Crippen LogP contribution in [0.4, 0.5) is 5.82 Å². The summed E-state index contributed by atoms with van der Waals surface area (Å²) in [5, 5.41) is 7.64. The summed E-state index contributed by atoms with van der Waals surface area (Å²) in [7, 11) is 1.94. The van der Waals surface area contributed by atoms with Crippen molar-refractivity contribution in [2.45, 2.75) is 52.0 Å².